The van der Waals surface area contributed by atoms with Crippen molar-refractivity contribution in [1.29, 1.82) is 0 Å². The molecule has 2 rings (SSSR count). The number of aliphatic imine (C=N–C) groups is 1. The number of benzene rings is 1. The molecule has 0 aliphatic carbocycles. The number of aliphatic hydroxyl groups excluding tert-OH is 4. The summed E-state index contributed by atoms with van der Waals surface area (Å²) >= 11 is 0. The van der Waals surface area contributed by atoms with Gasteiger partial charge in [-0.3, -0.25) is 57.7 Å². The van der Waals surface area contributed by atoms with Crippen LogP contribution in [-0.4, -0.2) is 207 Å². The second-order valence-electron chi connectivity index (χ2n) is 26.3. The summed E-state index contributed by atoms with van der Waals surface area (Å²) in [6.07, 6.45) is -9.16. The molecule has 97 heavy (non-hydrogen) atoms. The third-order valence-electron chi connectivity index (χ3n) is 15.6. The number of hydrogen-bond donors (Lipinski definition) is 18. The predicted octanol–water partition coefficient (Wildman–Crippen LogP) is -3.87. The molecule has 16 atom stereocenters. The summed E-state index contributed by atoms with van der Waals surface area (Å²) in [6.45, 7) is 19.7. The standard InChI is InChI=1S/C63H105N15O19/c1-15-32(9)41-56(90)75-43(34(11)80)54(88)68-27-40(81)73-45(48(83)50(64)84)58(92)72-39(28-79)60(94)96-49(35-21-18-17-19-22-35)46(77-53(87)38(26-30(5)6)70-55(89)42(33(10)16-2)78-62(95)97-63(12,13)14)59(93)76-44(47(82)31(7)8)57(91)71-37(25-29(3)4)52(86)69-36(51(85)74-41)23-20-24-67-61(65)66/h17-19,21-22,29-34,36-39,41-49,79-80,82-83H,15-16,20,23-28H2,1-14H3,(H2,64,84)(H,68,88)(H,69,86)(H,70,89)(H,71,91)(H,72,92)(H,73,81)(H,74,85)(H,75,90)(H,76,93)(H,77,87)(H,78,95)(H4,65,66,67)/t32-,33+,34-,36+,37-,38-,39-,41?,42+,43?,44-,45-,46-,47+,48-,49+/m0/s1. The molecule has 0 saturated carbocycles. The number of primary amides is 1. The fourth-order valence-corrected chi connectivity index (χ4v) is 9.75. The number of esters is 1. The van der Waals surface area contributed by atoms with Crippen molar-refractivity contribution in [3.8, 4) is 0 Å². The zero-order valence-electron chi connectivity index (χ0n) is 57.8. The van der Waals surface area contributed by atoms with Crippen molar-refractivity contribution in [1.82, 2.24) is 58.5 Å². The van der Waals surface area contributed by atoms with E-state index in [1.165, 1.54) is 44.2 Å². The molecule has 34 nitrogen and oxygen atoms in total. The summed E-state index contributed by atoms with van der Waals surface area (Å²) < 4.78 is 11.4. The van der Waals surface area contributed by atoms with Crippen LogP contribution in [0.25, 0.3) is 0 Å². The van der Waals surface area contributed by atoms with Crippen LogP contribution < -0.4 is 75.7 Å². The van der Waals surface area contributed by atoms with Gasteiger partial charge >= 0.3 is 12.1 Å². The number of carbonyl (C=O) groups is 13. The van der Waals surface area contributed by atoms with Gasteiger partial charge in [-0.05, 0) is 88.5 Å². The van der Waals surface area contributed by atoms with Gasteiger partial charge in [-0.2, -0.15) is 0 Å². The van der Waals surface area contributed by atoms with Crippen molar-refractivity contribution in [3.05, 3.63) is 35.9 Å². The Balaban J connectivity index is 3.18. The fourth-order valence-electron chi connectivity index (χ4n) is 9.75. The second-order valence-corrected chi connectivity index (χ2v) is 26.3. The van der Waals surface area contributed by atoms with E-state index in [4.69, 9.17) is 26.7 Å². The lowest BCUT2D eigenvalue weighted by Crippen LogP contribution is -2.64. The number of rotatable bonds is 24. The zero-order chi connectivity index (χ0) is 73.9. The van der Waals surface area contributed by atoms with Crippen LogP contribution in [0.4, 0.5) is 4.79 Å². The van der Waals surface area contributed by atoms with Crippen molar-refractivity contribution in [3.63, 3.8) is 0 Å². The van der Waals surface area contributed by atoms with E-state index in [2.05, 4.69) is 52.8 Å². The Morgan fingerprint density at radius 3 is 1.74 bits per heavy atom. The molecule has 1 aromatic rings. The number of guanidine groups is 1. The predicted molar refractivity (Wildman–Crippen MR) is 351 cm³/mol. The molecular formula is C63H105N15O19. The Morgan fingerprint density at radius 1 is 0.660 bits per heavy atom. The first-order valence-corrected chi connectivity index (χ1v) is 32.4. The van der Waals surface area contributed by atoms with E-state index in [1.807, 2.05) is 10.6 Å². The quantitative estimate of drug-likeness (QED) is 0.0204. The van der Waals surface area contributed by atoms with Gasteiger partial charge in [0.1, 0.15) is 60.0 Å². The largest absolute Gasteiger partial charge is 0.453 e. The highest BCUT2D eigenvalue weighted by molar-refractivity contribution is 6.00. The molecule has 0 spiro atoms. The maximum absolute atomic E-state index is 15.5. The lowest BCUT2D eigenvalue weighted by Gasteiger charge is -2.34. The molecule has 1 aliphatic heterocycles. The van der Waals surface area contributed by atoms with Gasteiger partial charge < -0.3 is 106 Å². The number of amides is 12. The number of ether oxygens (including phenoxy) is 2. The SMILES string of the molecule is CC[C@@H](C)[C@@H](NC(=O)OC(C)(C)C)C(=O)N[C@@H](CC(C)C)C(=O)N[C@@H]1C(=O)N[C@@H]([C@H](O)C(C)C)C(=O)N[C@@H](CC(C)C)C(=O)N[C@H](CCCN=C(N)N)C(=O)NC([C@@H](C)CC)C(=O)NC([C@H](C)O)C(=O)NCC(=O)N[C@@H]([C@H](O)C(N)=O)C(=O)N[C@@H](CO)C(=O)O[C@@H]1c1ccccc1. The normalized spacial score (nSPS) is 24.1. The first-order chi connectivity index (χ1) is 45.2. The Bertz CT molecular complexity index is 2890. The number of cyclic esters (lactones) is 1. The molecule has 546 valence electrons. The van der Waals surface area contributed by atoms with Crippen LogP contribution in [0.3, 0.4) is 0 Å². The highest BCUT2D eigenvalue weighted by Gasteiger charge is 2.44. The molecule has 0 radical (unpaired) electrons. The smallest absolute Gasteiger partial charge is 0.408 e. The van der Waals surface area contributed by atoms with Crippen molar-refractivity contribution < 1.29 is 92.2 Å². The number of aliphatic hydroxyl groups is 4. The second kappa shape index (κ2) is 40.1. The maximum Gasteiger partial charge on any atom is 0.408 e. The summed E-state index contributed by atoms with van der Waals surface area (Å²) in [5, 5.41) is 70.9. The van der Waals surface area contributed by atoms with Crippen LogP contribution in [0.1, 0.15) is 147 Å². The highest BCUT2D eigenvalue weighted by atomic mass is 16.6. The summed E-state index contributed by atoms with van der Waals surface area (Å²) in [6, 6.07) is -11.4. The summed E-state index contributed by atoms with van der Waals surface area (Å²) in [5.41, 5.74) is 15.4. The molecule has 34 heteroatoms. The monoisotopic (exact) mass is 1380 g/mol. The van der Waals surface area contributed by atoms with E-state index in [0.29, 0.717) is 6.42 Å². The third kappa shape index (κ3) is 28.1. The number of carbonyl (C=O) groups excluding carboxylic acids is 13. The van der Waals surface area contributed by atoms with E-state index < -0.39 is 210 Å². The van der Waals surface area contributed by atoms with Crippen LogP contribution in [0.2, 0.25) is 0 Å². The van der Waals surface area contributed by atoms with Gasteiger partial charge in [0.25, 0.3) is 0 Å². The molecule has 0 bridgehead atoms. The van der Waals surface area contributed by atoms with Crippen LogP contribution in [0, 0.1) is 29.6 Å². The van der Waals surface area contributed by atoms with E-state index >= 15 is 14.4 Å². The molecule has 1 aromatic carbocycles. The summed E-state index contributed by atoms with van der Waals surface area (Å²) in [5.74, 6) is -18.3. The summed E-state index contributed by atoms with van der Waals surface area (Å²) in [4.78, 5) is 189. The number of nitrogens with zero attached hydrogens (tertiary/aromatic N) is 1. The number of alkyl carbamates (subject to hydrolysis) is 1. The van der Waals surface area contributed by atoms with Gasteiger partial charge in [-0.15, -0.1) is 0 Å². The molecule has 21 N–H and O–H groups in total. The first kappa shape index (κ1) is 84.3. The van der Waals surface area contributed by atoms with Gasteiger partial charge in [0.15, 0.2) is 24.2 Å². The van der Waals surface area contributed by atoms with E-state index in [-0.39, 0.29) is 50.2 Å². The topological polar surface area (TPSA) is 544 Å². The summed E-state index contributed by atoms with van der Waals surface area (Å²) in [7, 11) is 0. The average Bonchev–Trinajstić information content (AvgIpc) is 0.817. The van der Waals surface area contributed by atoms with E-state index in [0.717, 1.165) is 6.92 Å². The van der Waals surface area contributed by atoms with Crippen LogP contribution in [0.5, 0.6) is 0 Å². The number of hydrogen-bond acceptors (Lipinski definition) is 20. The third-order valence-corrected chi connectivity index (χ3v) is 15.6. The lowest BCUT2D eigenvalue weighted by atomic mass is 9.95. The first-order valence-electron chi connectivity index (χ1n) is 32.4. The Kier molecular flexibility index (Phi) is 34.8. The Hall–Kier alpha value is -8.76. The minimum atomic E-state index is -2.60. The molecule has 0 aromatic heterocycles. The van der Waals surface area contributed by atoms with Crippen LogP contribution in [0.15, 0.2) is 35.3 Å². The van der Waals surface area contributed by atoms with Crippen molar-refractivity contribution in [2.75, 3.05) is 19.7 Å². The van der Waals surface area contributed by atoms with Gasteiger partial charge in [0.05, 0.1) is 25.4 Å². The van der Waals surface area contributed by atoms with Gasteiger partial charge in [0, 0.05) is 6.54 Å². The molecule has 12 amide bonds. The Morgan fingerprint density at radius 2 is 1.22 bits per heavy atom. The minimum Gasteiger partial charge on any atom is -0.453 e. The van der Waals surface area contributed by atoms with E-state index in [1.54, 1.807) is 76.2 Å². The molecular weight excluding hydrogens is 1270 g/mol. The van der Waals surface area contributed by atoms with Gasteiger partial charge in [0.2, 0.25) is 65.0 Å². The number of nitrogens with one attached hydrogen (secondary N) is 11. The van der Waals surface area contributed by atoms with E-state index in [9.17, 15) is 68.4 Å². The molecule has 1 saturated heterocycles. The van der Waals surface area contributed by atoms with Crippen LogP contribution in [-0.2, 0) is 67.0 Å². The van der Waals surface area contributed by atoms with Crippen molar-refractivity contribution >= 4 is 83.0 Å². The lowest BCUT2D eigenvalue weighted by molar-refractivity contribution is -0.159. The maximum atomic E-state index is 15.5. The highest BCUT2D eigenvalue weighted by Crippen LogP contribution is 2.25. The molecule has 2 unspecified atom stereocenters. The van der Waals surface area contributed by atoms with Gasteiger partial charge in [-0.1, -0.05) is 112 Å². The van der Waals surface area contributed by atoms with Crippen LogP contribution >= 0.6 is 0 Å². The average molecular weight is 1380 g/mol. The van der Waals surface area contributed by atoms with Gasteiger partial charge in [-0.25, -0.2) is 9.59 Å². The molecule has 1 aliphatic rings. The molecule has 1 fully saturated rings. The molecule has 1 heterocycles. The Labute approximate surface area is 565 Å². The minimum absolute atomic E-state index is 0.0310. The zero-order valence-corrected chi connectivity index (χ0v) is 57.8. The number of nitrogens with two attached hydrogens (primary N) is 3. The van der Waals surface area contributed by atoms with Crippen molar-refractivity contribution in [2.45, 2.75) is 226 Å². The fraction of sp³-hybridized carbons (Fsp3) is 0.683. The van der Waals surface area contributed by atoms with Crippen molar-refractivity contribution in [2.24, 2.45) is 51.8 Å².